The Morgan fingerprint density at radius 2 is 1.73 bits per heavy atom. The van der Waals surface area contributed by atoms with E-state index in [0.717, 1.165) is 44.4 Å². The highest BCUT2D eigenvalue weighted by atomic mass is 19.1. The Morgan fingerprint density at radius 3 is 2.45 bits per heavy atom. The van der Waals surface area contributed by atoms with E-state index in [1.54, 1.807) is 0 Å². The van der Waals surface area contributed by atoms with Crippen molar-refractivity contribution < 1.29 is 14.3 Å². The van der Waals surface area contributed by atoms with Crippen LogP contribution in [0.15, 0.2) is 0 Å². The molecule has 0 aromatic rings. The first-order valence-electron chi connectivity index (χ1n) is 9.49. The summed E-state index contributed by atoms with van der Waals surface area (Å²) in [6.45, 7) is 2.19. The average Bonchev–Trinajstić information content (AvgIpc) is 3.20. The van der Waals surface area contributed by atoms with Crippen molar-refractivity contribution in [3.05, 3.63) is 0 Å². The van der Waals surface area contributed by atoms with Crippen LogP contribution in [0.4, 0.5) is 4.39 Å². The number of aliphatic carboxylic acids is 1. The summed E-state index contributed by atoms with van der Waals surface area (Å²) in [5.74, 6) is 0.761. The normalized spacial score (nSPS) is 21.7. The third-order valence-electron chi connectivity index (χ3n) is 4.96. The Kier molecular flexibility index (Phi) is 10.5. The second-order valence-electron chi connectivity index (χ2n) is 7.14. The fourth-order valence-electron chi connectivity index (χ4n) is 3.40. The molecule has 3 unspecified atom stereocenters. The molecule has 3 atom stereocenters. The molecule has 1 aliphatic rings. The van der Waals surface area contributed by atoms with Crippen LogP contribution < -0.4 is 0 Å². The molecular weight excluding hydrogens is 279 g/mol. The Hall–Kier alpha value is -0.600. The van der Waals surface area contributed by atoms with Gasteiger partial charge in [0.15, 0.2) is 0 Å². The molecule has 0 heterocycles. The van der Waals surface area contributed by atoms with Crippen molar-refractivity contribution in [2.75, 3.05) is 0 Å². The van der Waals surface area contributed by atoms with Crippen LogP contribution in [0.3, 0.4) is 0 Å². The number of carboxylic acid groups (broad SMARTS) is 1. The zero-order valence-electron chi connectivity index (χ0n) is 14.4. The topological polar surface area (TPSA) is 37.3 Å². The van der Waals surface area contributed by atoms with Gasteiger partial charge in [0.25, 0.3) is 0 Å². The molecule has 0 bridgehead atoms. The van der Waals surface area contributed by atoms with Gasteiger partial charge < -0.3 is 5.11 Å². The fraction of sp³-hybridized carbons (Fsp3) is 0.947. The molecule has 1 aliphatic carbocycles. The second kappa shape index (κ2) is 11.9. The van der Waals surface area contributed by atoms with E-state index in [-0.39, 0.29) is 0 Å². The van der Waals surface area contributed by atoms with Gasteiger partial charge in [-0.3, -0.25) is 4.79 Å². The van der Waals surface area contributed by atoms with Crippen molar-refractivity contribution in [1.82, 2.24) is 0 Å². The van der Waals surface area contributed by atoms with E-state index in [2.05, 4.69) is 6.92 Å². The van der Waals surface area contributed by atoms with Crippen LogP contribution in [-0.2, 0) is 4.79 Å². The van der Waals surface area contributed by atoms with Gasteiger partial charge in [0.1, 0.15) is 6.17 Å². The maximum absolute atomic E-state index is 13.8. The van der Waals surface area contributed by atoms with E-state index >= 15 is 0 Å². The number of halogens is 1. The molecule has 3 heteroatoms. The predicted molar refractivity (Wildman–Crippen MR) is 89.8 cm³/mol. The minimum absolute atomic E-state index is 0.306. The third-order valence-corrected chi connectivity index (χ3v) is 4.96. The quantitative estimate of drug-likeness (QED) is 0.369. The molecule has 0 aromatic heterocycles. The van der Waals surface area contributed by atoms with Crippen molar-refractivity contribution in [2.24, 2.45) is 11.8 Å². The summed E-state index contributed by atoms with van der Waals surface area (Å²) in [4.78, 5) is 10.4. The van der Waals surface area contributed by atoms with Crippen LogP contribution in [0, 0.1) is 11.8 Å². The zero-order chi connectivity index (χ0) is 16.2. The van der Waals surface area contributed by atoms with Crippen molar-refractivity contribution in [3.8, 4) is 0 Å². The summed E-state index contributed by atoms with van der Waals surface area (Å²) in [5.41, 5.74) is 0. The molecule has 1 saturated carbocycles. The van der Waals surface area contributed by atoms with Gasteiger partial charge in [-0.25, -0.2) is 4.39 Å². The maximum Gasteiger partial charge on any atom is 0.303 e. The van der Waals surface area contributed by atoms with E-state index in [9.17, 15) is 9.18 Å². The molecule has 2 nitrogen and oxygen atoms in total. The molecule has 1 rings (SSSR count). The first kappa shape index (κ1) is 19.4. The highest BCUT2D eigenvalue weighted by molar-refractivity contribution is 5.66. The number of hydrogen-bond acceptors (Lipinski definition) is 1. The van der Waals surface area contributed by atoms with Crippen LogP contribution in [0.1, 0.15) is 96.8 Å². The van der Waals surface area contributed by atoms with Crippen LogP contribution in [0.5, 0.6) is 0 Å². The highest BCUT2D eigenvalue weighted by Crippen LogP contribution is 2.46. The average molecular weight is 314 g/mol. The summed E-state index contributed by atoms with van der Waals surface area (Å²) in [6.07, 6.45) is 14.0. The molecular formula is C19H35FO2. The summed E-state index contributed by atoms with van der Waals surface area (Å²) < 4.78 is 13.8. The van der Waals surface area contributed by atoms with Crippen LogP contribution in [0.25, 0.3) is 0 Å². The Morgan fingerprint density at radius 1 is 1.05 bits per heavy atom. The molecule has 130 valence electrons. The monoisotopic (exact) mass is 314 g/mol. The van der Waals surface area contributed by atoms with Gasteiger partial charge in [-0.05, 0) is 37.5 Å². The highest BCUT2D eigenvalue weighted by Gasteiger charge is 2.37. The summed E-state index contributed by atoms with van der Waals surface area (Å²) in [7, 11) is 0. The molecule has 0 saturated heterocycles. The lowest BCUT2D eigenvalue weighted by Crippen LogP contribution is -2.02. The van der Waals surface area contributed by atoms with Crippen molar-refractivity contribution >= 4 is 5.97 Å². The van der Waals surface area contributed by atoms with Crippen molar-refractivity contribution in [1.29, 1.82) is 0 Å². The first-order chi connectivity index (χ1) is 10.6. The predicted octanol–water partition coefficient (Wildman–Crippen LogP) is 6.14. The smallest absolute Gasteiger partial charge is 0.303 e. The van der Waals surface area contributed by atoms with Crippen LogP contribution >= 0.6 is 0 Å². The van der Waals surface area contributed by atoms with E-state index < -0.39 is 12.1 Å². The van der Waals surface area contributed by atoms with Gasteiger partial charge in [0.05, 0.1) is 0 Å². The third kappa shape index (κ3) is 10.2. The van der Waals surface area contributed by atoms with E-state index in [1.165, 1.54) is 44.9 Å². The van der Waals surface area contributed by atoms with Crippen LogP contribution in [0.2, 0.25) is 0 Å². The van der Waals surface area contributed by atoms with Crippen LogP contribution in [-0.4, -0.2) is 17.2 Å². The Labute approximate surface area is 135 Å². The fourth-order valence-corrected chi connectivity index (χ4v) is 3.40. The van der Waals surface area contributed by atoms with Gasteiger partial charge in [0.2, 0.25) is 0 Å². The molecule has 0 aliphatic heterocycles. The molecule has 0 amide bonds. The molecule has 1 fully saturated rings. The lowest BCUT2D eigenvalue weighted by molar-refractivity contribution is -0.137. The molecule has 1 N–H and O–H groups in total. The van der Waals surface area contributed by atoms with E-state index in [0.29, 0.717) is 12.3 Å². The number of unbranched alkanes of at least 4 members (excludes halogenated alkanes) is 7. The SMILES string of the molecule is CCCCCCC(F)CC1CC1CCCCCCCC(=O)O. The van der Waals surface area contributed by atoms with Gasteiger partial charge >= 0.3 is 5.97 Å². The minimum atomic E-state index is -0.684. The standard InChI is InChI=1S/C19H35FO2/c1-2-3-4-9-12-18(20)15-17-14-16(17)11-8-6-5-7-10-13-19(21)22/h16-18H,2-15H2,1H3,(H,21,22). The number of hydrogen-bond donors (Lipinski definition) is 1. The Balaban J connectivity index is 1.86. The first-order valence-corrected chi connectivity index (χ1v) is 9.49. The lowest BCUT2D eigenvalue weighted by atomic mass is 10.0. The zero-order valence-corrected chi connectivity index (χ0v) is 14.4. The molecule has 0 aromatic carbocycles. The second-order valence-corrected chi connectivity index (χ2v) is 7.14. The summed E-state index contributed by atoms with van der Waals surface area (Å²) in [6, 6.07) is 0. The van der Waals surface area contributed by atoms with Gasteiger partial charge in [-0.2, -0.15) is 0 Å². The van der Waals surface area contributed by atoms with E-state index in [1.807, 2.05) is 0 Å². The number of rotatable bonds is 15. The van der Waals surface area contributed by atoms with Gasteiger partial charge in [-0.1, -0.05) is 64.7 Å². The number of carbonyl (C=O) groups is 1. The number of alkyl halides is 1. The van der Waals surface area contributed by atoms with Crippen molar-refractivity contribution in [3.63, 3.8) is 0 Å². The van der Waals surface area contributed by atoms with Gasteiger partial charge in [0, 0.05) is 6.42 Å². The van der Waals surface area contributed by atoms with Crippen molar-refractivity contribution in [2.45, 2.75) is 103 Å². The molecule has 0 radical (unpaired) electrons. The minimum Gasteiger partial charge on any atom is -0.481 e. The molecule has 0 spiro atoms. The largest absolute Gasteiger partial charge is 0.481 e. The molecule has 22 heavy (non-hydrogen) atoms. The summed E-state index contributed by atoms with van der Waals surface area (Å²) >= 11 is 0. The lowest BCUT2D eigenvalue weighted by Gasteiger charge is -2.07. The maximum atomic E-state index is 13.8. The Bertz CT molecular complexity index is 293. The van der Waals surface area contributed by atoms with E-state index in [4.69, 9.17) is 5.11 Å². The summed E-state index contributed by atoms with van der Waals surface area (Å²) in [5, 5.41) is 8.55. The van der Waals surface area contributed by atoms with Gasteiger partial charge in [-0.15, -0.1) is 0 Å². The number of carboxylic acids is 1.